The van der Waals surface area contributed by atoms with Crippen LogP contribution in [0.25, 0.3) is 5.65 Å². The molecule has 4 heteroatoms. The van der Waals surface area contributed by atoms with E-state index in [0.717, 1.165) is 18.0 Å². The molecular weight excluding hydrogens is 254 g/mol. The fourth-order valence-corrected chi connectivity index (χ4v) is 3.95. The number of aromatic nitrogens is 2. The van der Waals surface area contributed by atoms with E-state index in [-0.39, 0.29) is 0 Å². The normalized spacial score (nSPS) is 13.9. The van der Waals surface area contributed by atoms with Gasteiger partial charge in [0.25, 0.3) is 0 Å². The van der Waals surface area contributed by atoms with Gasteiger partial charge in [-0.25, -0.2) is 4.98 Å². The predicted molar refractivity (Wildman–Crippen MR) is 78.9 cm³/mol. The van der Waals surface area contributed by atoms with Gasteiger partial charge in [-0.2, -0.15) is 0 Å². The first-order valence-corrected chi connectivity index (χ1v) is 7.48. The lowest BCUT2D eigenvalue weighted by Gasteiger charge is -2.07. The van der Waals surface area contributed by atoms with Gasteiger partial charge in [-0.05, 0) is 43.0 Å². The maximum atomic E-state index is 4.30. The molecule has 3 aromatic heterocycles. The van der Waals surface area contributed by atoms with Gasteiger partial charge in [0.15, 0.2) is 0 Å². The molecule has 3 heterocycles. The summed E-state index contributed by atoms with van der Waals surface area (Å²) in [5, 5.41) is 3.51. The molecule has 4 rings (SSSR count). The molecule has 3 aromatic rings. The molecule has 0 saturated carbocycles. The van der Waals surface area contributed by atoms with E-state index in [9.17, 15) is 0 Å². The number of aryl methyl sites for hydroxylation is 2. The van der Waals surface area contributed by atoms with Crippen LogP contribution >= 0.6 is 11.3 Å². The zero-order valence-electron chi connectivity index (χ0n) is 10.6. The van der Waals surface area contributed by atoms with Crippen molar-refractivity contribution in [3.8, 4) is 0 Å². The van der Waals surface area contributed by atoms with Crippen LogP contribution in [0, 0.1) is 0 Å². The van der Waals surface area contributed by atoms with Gasteiger partial charge in [-0.3, -0.25) is 4.40 Å². The molecule has 1 aliphatic carbocycles. The molecule has 0 fully saturated rings. The van der Waals surface area contributed by atoms with Crippen molar-refractivity contribution in [2.24, 2.45) is 0 Å². The highest BCUT2D eigenvalue weighted by molar-refractivity contribution is 7.12. The molecule has 0 aliphatic heterocycles. The van der Waals surface area contributed by atoms with Crippen LogP contribution in [0.3, 0.4) is 0 Å². The fraction of sp³-hybridized carbons (Fsp3) is 0.267. The minimum atomic E-state index is 0.898. The number of thiophene rings is 1. The number of rotatable bonds is 3. The molecule has 19 heavy (non-hydrogen) atoms. The molecule has 0 saturated heterocycles. The van der Waals surface area contributed by atoms with Crippen molar-refractivity contribution in [1.29, 1.82) is 0 Å². The van der Waals surface area contributed by atoms with Crippen LogP contribution in [0.4, 0.5) is 5.82 Å². The van der Waals surface area contributed by atoms with Crippen LogP contribution in [-0.4, -0.2) is 9.38 Å². The fourth-order valence-electron chi connectivity index (χ4n) is 2.75. The van der Waals surface area contributed by atoms with Crippen molar-refractivity contribution in [2.45, 2.75) is 25.8 Å². The van der Waals surface area contributed by atoms with Crippen LogP contribution in [0.15, 0.2) is 36.7 Å². The first kappa shape index (κ1) is 11.1. The number of anilines is 1. The second-order valence-corrected chi connectivity index (χ2v) is 6.16. The first-order valence-electron chi connectivity index (χ1n) is 6.66. The Balaban J connectivity index is 1.56. The third-order valence-electron chi connectivity index (χ3n) is 3.67. The summed E-state index contributed by atoms with van der Waals surface area (Å²) in [6.45, 7) is 0.898. The molecule has 0 radical (unpaired) electrons. The third-order valence-corrected chi connectivity index (χ3v) is 4.91. The van der Waals surface area contributed by atoms with Crippen molar-refractivity contribution in [3.63, 3.8) is 0 Å². The van der Waals surface area contributed by atoms with Crippen LogP contribution < -0.4 is 5.32 Å². The van der Waals surface area contributed by atoms with E-state index >= 15 is 0 Å². The Morgan fingerprint density at radius 1 is 1.32 bits per heavy atom. The maximum absolute atomic E-state index is 4.30. The lowest BCUT2D eigenvalue weighted by Crippen LogP contribution is -2.02. The molecule has 3 nitrogen and oxygen atoms in total. The predicted octanol–water partition coefficient (Wildman–Crippen LogP) is 3.50. The van der Waals surface area contributed by atoms with Crippen molar-refractivity contribution >= 4 is 22.8 Å². The van der Waals surface area contributed by atoms with Gasteiger partial charge in [0, 0.05) is 22.1 Å². The molecular formula is C15H15N3S. The van der Waals surface area contributed by atoms with E-state index in [1.807, 2.05) is 35.9 Å². The van der Waals surface area contributed by atoms with Gasteiger partial charge in [-0.15, -0.1) is 11.3 Å². The van der Waals surface area contributed by atoms with Crippen molar-refractivity contribution in [3.05, 3.63) is 52.0 Å². The highest BCUT2D eigenvalue weighted by Crippen LogP contribution is 2.30. The average Bonchev–Trinajstić information content (AvgIpc) is 3.10. The molecule has 0 unspecified atom stereocenters. The number of imidazole rings is 1. The maximum Gasteiger partial charge on any atom is 0.138 e. The van der Waals surface area contributed by atoms with Gasteiger partial charge in [0.2, 0.25) is 0 Å². The van der Waals surface area contributed by atoms with E-state index in [0.29, 0.717) is 0 Å². The Bertz CT molecular complexity index is 704. The highest BCUT2D eigenvalue weighted by Gasteiger charge is 2.14. The summed E-state index contributed by atoms with van der Waals surface area (Å²) in [6, 6.07) is 8.52. The average molecular weight is 269 g/mol. The Labute approximate surface area is 115 Å². The molecule has 96 valence electrons. The van der Waals surface area contributed by atoms with E-state index < -0.39 is 0 Å². The minimum Gasteiger partial charge on any atom is -0.366 e. The zero-order valence-corrected chi connectivity index (χ0v) is 11.4. The van der Waals surface area contributed by atoms with E-state index in [4.69, 9.17) is 0 Å². The second-order valence-electron chi connectivity index (χ2n) is 4.93. The van der Waals surface area contributed by atoms with Crippen molar-refractivity contribution < 1.29 is 0 Å². The number of hydrogen-bond donors (Lipinski definition) is 1. The lowest BCUT2D eigenvalue weighted by atomic mass is 10.2. The van der Waals surface area contributed by atoms with Crippen molar-refractivity contribution in [2.75, 3.05) is 5.32 Å². The lowest BCUT2D eigenvalue weighted by molar-refractivity contribution is 0.913. The quantitative estimate of drug-likeness (QED) is 0.788. The third kappa shape index (κ3) is 1.92. The minimum absolute atomic E-state index is 0.898. The Kier molecular flexibility index (Phi) is 2.55. The molecule has 0 aromatic carbocycles. The van der Waals surface area contributed by atoms with Crippen molar-refractivity contribution in [1.82, 2.24) is 9.38 Å². The Morgan fingerprint density at radius 3 is 3.26 bits per heavy atom. The summed E-state index contributed by atoms with van der Waals surface area (Å²) in [7, 11) is 0. The van der Waals surface area contributed by atoms with Crippen LogP contribution in [0.1, 0.15) is 21.7 Å². The van der Waals surface area contributed by atoms with Gasteiger partial charge in [0.1, 0.15) is 11.5 Å². The van der Waals surface area contributed by atoms with E-state index in [2.05, 4.69) is 26.8 Å². The van der Waals surface area contributed by atoms with Gasteiger partial charge in [-0.1, -0.05) is 6.07 Å². The largest absolute Gasteiger partial charge is 0.366 e. The summed E-state index contributed by atoms with van der Waals surface area (Å²) >= 11 is 1.96. The molecule has 0 spiro atoms. The zero-order chi connectivity index (χ0) is 12.7. The topological polar surface area (TPSA) is 29.3 Å². The summed E-state index contributed by atoms with van der Waals surface area (Å²) in [5.74, 6) is 1.10. The summed E-state index contributed by atoms with van der Waals surface area (Å²) in [4.78, 5) is 7.33. The number of nitrogens with zero attached hydrogens (tertiary/aromatic N) is 2. The van der Waals surface area contributed by atoms with Gasteiger partial charge < -0.3 is 5.32 Å². The molecule has 0 atom stereocenters. The smallest absolute Gasteiger partial charge is 0.138 e. The number of hydrogen-bond acceptors (Lipinski definition) is 3. The first-order chi connectivity index (χ1) is 9.40. The van der Waals surface area contributed by atoms with Gasteiger partial charge >= 0.3 is 0 Å². The molecule has 0 bridgehead atoms. The number of fused-ring (bicyclic) bond motifs is 2. The monoisotopic (exact) mass is 269 g/mol. The molecule has 1 N–H and O–H groups in total. The van der Waals surface area contributed by atoms with Gasteiger partial charge in [0.05, 0.1) is 6.54 Å². The summed E-state index contributed by atoms with van der Waals surface area (Å²) < 4.78 is 2.08. The van der Waals surface area contributed by atoms with Crippen LogP contribution in [0.5, 0.6) is 0 Å². The second kappa shape index (κ2) is 4.38. The number of pyridine rings is 1. The standard InChI is InChI=1S/C15H15N3S/c1-3-11-9-12(19-13(11)4-1)10-17-15-6-2-5-14-16-7-8-18(14)15/h2,5-9,17H,1,3-4,10H2. The SMILES string of the molecule is c1cc(NCc2cc3c(s2)CCC3)n2ccnc2c1. The Hall–Kier alpha value is -1.81. The van der Waals surface area contributed by atoms with E-state index in [1.165, 1.54) is 24.1 Å². The number of nitrogens with one attached hydrogen (secondary N) is 1. The molecule has 1 aliphatic rings. The summed E-state index contributed by atoms with van der Waals surface area (Å²) in [6.07, 6.45) is 7.70. The van der Waals surface area contributed by atoms with E-state index in [1.54, 1.807) is 10.4 Å². The highest BCUT2D eigenvalue weighted by atomic mass is 32.1. The Morgan fingerprint density at radius 2 is 2.32 bits per heavy atom. The molecule has 0 amide bonds. The summed E-state index contributed by atoms with van der Waals surface area (Å²) in [5.41, 5.74) is 2.56. The van der Waals surface area contributed by atoms with Crippen LogP contribution in [0.2, 0.25) is 0 Å². The van der Waals surface area contributed by atoms with Crippen LogP contribution in [-0.2, 0) is 19.4 Å².